The van der Waals surface area contributed by atoms with Crippen LogP contribution in [0.1, 0.15) is 24.1 Å². The molecular formula is C15H18ClNO3S. The lowest BCUT2D eigenvalue weighted by Gasteiger charge is -2.24. The Balaban J connectivity index is 2.02. The van der Waals surface area contributed by atoms with Crippen LogP contribution in [0.3, 0.4) is 0 Å². The second-order valence-electron chi connectivity index (χ2n) is 5.26. The average Bonchev–Trinajstić information content (AvgIpc) is 3.06. The third-order valence-electron chi connectivity index (χ3n) is 3.77. The molecule has 2 atom stereocenters. The molecule has 1 amide bonds. The predicted octanol–water partition coefficient (Wildman–Crippen LogP) is 3.42. The fourth-order valence-corrected chi connectivity index (χ4v) is 3.80. The fourth-order valence-electron chi connectivity index (χ4n) is 2.70. The van der Waals surface area contributed by atoms with E-state index >= 15 is 0 Å². The summed E-state index contributed by atoms with van der Waals surface area (Å²) < 4.78 is 0.697. The van der Waals surface area contributed by atoms with Crippen molar-refractivity contribution in [2.75, 3.05) is 6.54 Å². The van der Waals surface area contributed by atoms with Crippen molar-refractivity contribution in [1.82, 2.24) is 4.90 Å². The second-order valence-corrected chi connectivity index (χ2v) is 7.06. The summed E-state index contributed by atoms with van der Waals surface area (Å²) in [6.45, 7) is 4.65. The summed E-state index contributed by atoms with van der Waals surface area (Å²) in [4.78, 5) is 26.3. The molecule has 114 valence electrons. The number of halogens is 1. The fraction of sp³-hybridized carbons (Fsp3) is 0.467. The summed E-state index contributed by atoms with van der Waals surface area (Å²) in [7, 11) is 0. The van der Waals surface area contributed by atoms with E-state index in [9.17, 15) is 9.59 Å². The molecule has 1 aromatic heterocycles. The lowest BCUT2D eigenvalue weighted by Crippen LogP contribution is -2.35. The summed E-state index contributed by atoms with van der Waals surface area (Å²) in [5.74, 6) is -1.36. The maximum Gasteiger partial charge on any atom is 0.306 e. The van der Waals surface area contributed by atoms with Crippen LogP contribution < -0.4 is 0 Å². The van der Waals surface area contributed by atoms with Crippen molar-refractivity contribution in [3.63, 3.8) is 0 Å². The van der Waals surface area contributed by atoms with E-state index < -0.39 is 5.97 Å². The van der Waals surface area contributed by atoms with E-state index in [0.717, 1.165) is 4.88 Å². The van der Waals surface area contributed by atoms with Gasteiger partial charge in [-0.05, 0) is 31.4 Å². The van der Waals surface area contributed by atoms with Crippen LogP contribution in [0.25, 0.3) is 0 Å². The zero-order chi connectivity index (χ0) is 15.4. The van der Waals surface area contributed by atoms with E-state index in [-0.39, 0.29) is 17.7 Å². The minimum atomic E-state index is -0.800. The van der Waals surface area contributed by atoms with Crippen LogP contribution in [-0.2, 0) is 16.1 Å². The topological polar surface area (TPSA) is 57.6 Å². The maximum absolute atomic E-state index is 12.6. The second kappa shape index (κ2) is 7.09. The molecule has 2 rings (SSSR count). The van der Waals surface area contributed by atoms with Crippen LogP contribution in [-0.4, -0.2) is 28.4 Å². The smallest absolute Gasteiger partial charge is 0.306 e. The highest BCUT2D eigenvalue weighted by atomic mass is 35.5. The largest absolute Gasteiger partial charge is 0.481 e. The Hall–Kier alpha value is -1.33. The molecular weight excluding hydrogens is 310 g/mol. The molecule has 4 nitrogen and oxygen atoms in total. The zero-order valence-electron chi connectivity index (χ0n) is 11.6. The summed E-state index contributed by atoms with van der Waals surface area (Å²) in [6.07, 6.45) is 3.36. The number of hydrogen-bond donors (Lipinski definition) is 1. The Kier molecular flexibility index (Phi) is 5.42. The first-order chi connectivity index (χ1) is 10.0. The molecule has 0 unspecified atom stereocenters. The Morgan fingerprint density at radius 1 is 1.43 bits per heavy atom. The monoisotopic (exact) mass is 327 g/mol. The predicted molar refractivity (Wildman–Crippen MR) is 83.4 cm³/mol. The third kappa shape index (κ3) is 4.08. The molecule has 0 aromatic carbocycles. The van der Waals surface area contributed by atoms with Gasteiger partial charge in [-0.15, -0.1) is 17.9 Å². The normalized spacial score (nSPS) is 21.2. The number of nitrogens with zero attached hydrogens (tertiary/aromatic N) is 1. The highest BCUT2D eigenvalue weighted by Gasteiger charge is 2.35. The standard InChI is InChI=1S/C15H18ClNO3S/c1-2-7-17(9-12-5-6-13(16)21-12)14(18)10-3-4-11(8-10)15(19)20/h2,5-6,10-11H,1,3-4,7-9H2,(H,19,20)/t10-,11+/m1/s1. The lowest BCUT2D eigenvalue weighted by atomic mass is 10.0. The molecule has 0 saturated heterocycles. The Morgan fingerprint density at radius 3 is 2.67 bits per heavy atom. The number of rotatable bonds is 6. The van der Waals surface area contributed by atoms with E-state index in [1.54, 1.807) is 11.0 Å². The molecule has 1 aliphatic rings. The molecule has 1 saturated carbocycles. The summed E-state index contributed by atoms with van der Waals surface area (Å²) in [5.41, 5.74) is 0. The molecule has 1 heterocycles. The van der Waals surface area contributed by atoms with Gasteiger partial charge in [-0.3, -0.25) is 9.59 Å². The van der Waals surface area contributed by atoms with E-state index in [1.807, 2.05) is 12.1 Å². The maximum atomic E-state index is 12.6. The van der Waals surface area contributed by atoms with Crippen molar-refractivity contribution in [2.45, 2.75) is 25.8 Å². The lowest BCUT2D eigenvalue weighted by molar-refractivity contribution is -0.141. The van der Waals surface area contributed by atoms with Crippen LogP contribution in [0.5, 0.6) is 0 Å². The third-order valence-corrected chi connectivity index (χ3v) is 4.98. The first-order valence-corrected chi connectivity index (χ1v) is 8.07. The van der Waals surface area contributed by atoms with Gasteiger partial charge in [0.2, 0.25) is 5.91 Å². The molecule has 0 radical (unpaired) electrons. The molecule has 6 heteroatoms. The van der Waals surface area contributed by atoms with Crippen LogP contribution in [0.15, 0.2) is 24.8 Å². The molecule has 0 spiro atoms. The minimum Gasteiger partial charge on any atom is -0.481 e. The number of carboxylic acids is 1. The van der Waals surface area contributed by atoms with Crippen molar-refractivity contribution in [3.05, 3.63) is 34.0 Å². The summed E-state index contributed by atoms with van der Waals surface area (Å²) in [6, 6.07) is 3.72. The molecule has 1 aliphatic carbocycles. The van der Waals surface area contributed by atoms with Crippen molar-refractivity contribution < 1.29 is 14.7 Å². The van der Waals surface area contributed by atoms with Gasteiger partial charge < -0.3 is 10.0 Å². The van der Waals surface area contributed by atoms with Crippen LogP contribution >= 0.6 is 22.9 Å². The number of carbonyl (C=O) groups excluding carboxylic acids is 1. The molecule has 21 heavy (non-hydrogen) atoms. The van der Waals surface area contributed by atoms with Gasteiger partial charge in [0, 0.05) is 17.3 Å². The molecule has 0 aliphatic heterocycles. The van der Waals surface area contributed by atoms with Crippen molar-refractivity contribution >= 4 is 34.8 Å². The van der Waals surface area contributed by atoms with Crippen molar-refractivity contribution in [1.29, 1.82) is 0 Å². The van der Waals surface area contributed by atoms with Gasteiger partial charge in [0.15, 0.2) is 0 Å². The van der Waals surface area contributed by atoms with Crippen LogP contribution in [0.4, 0.5) is 0 Å². The van der Waals surface area contributed by atoms with Gasteiger partial charge in [0.1, 0.15) is 0 Å². The summed E-state index contributed by atoms with van der Waals surface area (Å²) in [5, 5.41) is 9.04. The highest BCUT2D eigenvalue weighted by molar-refractivity contribution is 7.16. The SMILES string of the molecule is C=CCN(Cc1ccc(Cl)s1)C(=O)[C@@H]1CC[C@H](C(=O)O)C1. The van der Waals surface area contributed by atoms with E-state index in [1.165, 1.54) is 11.3 Å². The van der Waals surface area contributed by atoms with E-state index in [2.05, 4.69) is 6.58 Å². The quantitative estimate of drug-likeness (QED) is 0.814. The number of hydrogen-bond acceptors (Lipinski definition) is 3. The molecule has 1 N–H and O–H groups in total. The first-order valence-electron chi connectivity index (χ1n) is 6.88. The zero-order valence-corrected chi connectivity index (χ0v) is 13.2. The van der Waals surface area contributed by atoms with Crippen molar-refractivity contribution in [3.8, 4) is 0 Å². The van der Waals surface area contributed by atoms with E-state index in [0.29, 0.717) is 36.7 Å². The van der Waals surface area contributed by atoms with Gasteiger partial charge in [-0.1, -0.05) is 17.7 Å². The van der Waals surface area contributed by atoms with E-state index in [4.69, 9.17) is 16.7 Å². The molecule has 0 bridgehead atoms. The number of carboxylic acid groups (broad SMARTS) is 1. The number of aliphatic carboxylic acids is 1. The van der Waals surface area contributed by atoms with Gasteiger partial charge in [-0.2, -0.15) is 0 Å². The van der Waals surface area contributed by atoms with Crippen LogP contribution in [0, 0.1) is 11.8 Å². The minimum absolute atomic E-state index is 0.0168. The number of thiophene rings is 1. The Labute approximate surface area is 133 Å². The molecule has 1 fully saturated rings. The average molecular weight is 328 g/mol. The van der Waals surface area contributed by atoms with Gasteiger partial charge >= 0.3 is 5.97 Å². The first kappa shape index (κ1) is 16.0. The van der Waals surface area contributed by atoms with Gasteiger partial charge in [0.05, 0.1) is 16.8 Å². The number of amides is 1. The Bertz CT molecular complexity index is 543. The highest BCUT2D eigenvalue weighted by Crippen LogP contribution is 2.33. The van der Waals surface area contributed by atoms with Gasteiger partial charge in [-0.25, -0.2) is 0 Å². The van der Waals surface area contributed by atoms with Crippen LogP contribution in [0.2, 0.25) is 4.34 Å². The Morgan fingerprint density at radius 2 is 2.14 bits per heavy atom. The number of carbonyl (C=O) groups is 2. The van der Waals surface area contributed by atoms with Gasteiger partial charge in [0.25, 0.3) is 0 Å². The molecule has 1 aromatic rings. The summed E-state index contributed by atoms with van der Waals surface area (Å²) >= 11 is 7.36. The van der Waals surface area contributed by atoms with Crippen molar-refractivity contribution in [2.24, 2.45) is 11.8 Å².